The fraction of sp³-hybridized carbons (Fsp3) is 0.259. The van der Waals surface area contributed by atoms with Crippen LogP contribution in [-0.2, 0) is 0 Å². The highest BCUT2D eigenvalue weighted by Crippen LogP contribution is 2.67. The number of hydrogen-bond donors (Lipinski definition) is 0. The Bertz CT molecular complexity index is 1290. The molecule has 4 aliphatic carbocycles. The third-order valence-corrected chi connectivity index (χ3v) is 8.10. The van der Waals surface area contributed by atoms with Gasteiger partial charge >= 0.3 is 0 Å². The number of hydrogen-bond acceptors (Lipinski definition) is 2. The number of nitro groups is 1. The summed E-state index contributed by atoms with van der Waals surface area (Å²) in [6.07, 6.45) is 4.06. The van der Waals surface area contributed by atoms with Crippen LogP contribution in [0.4, 0.5) is 5.69 Å². The zero-order valence-electron chi connectivity index (χ0n) is 16.5. The lowest BCUT2D eigenvalue weighted by molar-refractivity contribution is -0.384. The fourth-order valence-corrected chi connectivity index (χ4v) is 7.13. The summed E-state index contributed by atoms with van der Waals surface area (Å²) in [4.78, 5) is 11.2. The number of allylic oxidation sites excluding steroid dienone is 1. The van der Waals surface area contributed by atoms with Crippen molar-refractivity contribution in [2.75, 3.05) is 0 Å². The molecule has 0 radical (unpaired) electrons. The Labute approximate surface area is 175 Å². The lowest BCUT2D eigenvalue weighted by atomic mass is 9.76. The number of nitrogens with zero attached hydrogens (tertiary/aromatic N) is 1. The van der Waals surface area contributed by atoms with Gasteiger partial charge in [-0.2, -0.15) is 0 Å². The van der Waals surface area contributed by atoms with Gasteiger partial charge in [-0.1, -0.05) is 48.5 Å². The van der Waals surface area contributed by atoms with Gasteiger partial charge < -0.3 is 0 Å². The van der Waals surface area contributed by atoms with E-state index in [2.05, 4.69) is 42.5 Å². The minimum absolute atomic E-state index is 0.166. The molecule has 3 aromatic carbocycles. The maximum absolute atomic E-state index is 11.4. The van der Waals surface area contributed by atoms with Crippen LogP contribution in [-0.4, -0.2) is 4.92 Å². The molecule has 0 aromatic heterocycles. The molecule has 0 amide bonds. The van der Waals surface area contributed by atoms with E-state index in [9.17, 15) is 10.1 Å². The first kappa shape index (κ1) is 16.6. The first-order valence-electron chi connectivity index (χ1n) is 10.9. The predicted molar refractivity (Wildman–Crippen MR) is 118 cm³/mol. The normalized spacial score (nSPS) is 29.5. The predicted octanol–water partition coefficient (Wildman–Crippen LogP) is 6.68. The van der Waals surface area contributed by atoms with Gasteiger partial charge in [0.15, 0.2) is 0 Å². The molecule has 0 spiro atoms. The van der Waals surface area contributed by atoms with Crippen LogP contribution in [0, 0.1) is 27.9 Å². The number of non-ortho nitro benzene ring substituents is 1. The molecular weight excluding hydrogens is 370 g/mol. The van der Waals surface area contributed by atoms with E-state index >= 15 is 0 Å². The monoisotopic (exact) mass is 391 g/mol. The van der Waals surface area contributed by atoms with E-state index in [1.54, 1.807) is 12.1 Å². The standard InChI is InChI=1S/C27H21NO2/c29-28(30)17-11-12-22-23(14-17)18-5-1-2-6-19(18)26(22)27-21-8-4-3-7-20(21)24-15-9-10-16(13-15)25(24)27/h1-8,11-12,14-16,24-25H,9-10,13H2/b27-26+/t15-,16+,24?,25?/m1/s1. The molecule has 2 unspecified atom stereocenters. The number of rotatable bonds is 1. The second-order valence-corrected chi connectivity index (χ2v) is 9.29. The molecule has 3 aromatic rings. The van der Waals surface area contributed by atoms with Gasteiger partial charge in [0.05, 0.1) is 4.92 Å². The van der Waals surface area contributed by atoms with E-state index in [0.29, 0.717) is 11.8 Å². The Morgan fingerprint density at radius 1 is 0.733 bits per heavy atom. The molecule has 0 aliphatic heterocycles. The van der Waals surface area contributed by atoms with Crippen LogP contribution < -0.4 is 0 Å². The van der Waals surface area contributed by atoms with E-state index in [1.165, 1.54) is 47.1 Å². The molecule has 4 aliphatic rings. The number of benzene rings is 3. The van der Waals surface area contributed by atoms with Gasteiger partial charge in [0.1, 0.15) is 0 Å². The summed E-state index contributed by atoms with van der Waals surface area (Å²) in [7, 11) is 0. The molecule has 0 N–H and O–H groups in total. The Hall–Kier alpha value is -3.20. The molecule has 7 rings (SSSR count). The average molecular weight is 391 g/mol. The molecule has 146 valence electrons. The molecule has 2 fully saturated rings. The van der Waals surface area contributed by atoms with Crippen molar-refractivity contribution in [2.45, 2.75) is 25.2 Å². The summed E-state index contributed by atoms with van der Waals surface area (Å²) in [5.41, 5.74) is 10.5. The van der Waals surface area contributed by atoms with Crippen LogP contribution in [0.25, 0.3) is 22.3 Å². The molecule has 3 heteroatoms. The van der Waals surface area contributed by atoms with Gasteiger partial charge in [-0.25, -0.2) is 0 Å². The van der Waals surface area contributed by atoms with Gasteiger partial charge in [0.2, 0.25) is 0 Å². The Kier molecular flexibility index (Phi) is 3.15. The summed E-state index contributed by atoms with van der Waals surface area (Å²) >= 11 is 0. The molecule has 2 saturated carbocycles. The minimum atomic E-state index is -0.287. The third-order valence-electron chi connectivity index (χ3n) is 8.10. The maximum Gasteiger partial charge on any atom is 0.270 e. The van der Waals surface area contributed by atoms with Crippen molar-refractivity contribution in [2.24, 2.45) is 17.8 Å². The van der Waals surface area contributed by atoms with Gasteiger partial charge in [-0.15, -0.1) is 0 Å². The number of nitro benzene ring substituents is 1. The van der Waals surface area contributed by atoms with Crippen molar-refractivity contribution in [3.05, 3.63) is 99.1 Å². The van der Waals surface area contributed by atoms with Crippen molar-refractivity contribution >= 4 is 16.8 Å². The molecule has 4 atom stereocenters. The van der Waals surface area contributed by atoms with Crippen LogP contribution in [0.3, 0.4) is 0 Å². The van der Waals surface area contributed by atoms with Crippen molar-refractivity contribution in [1.29, 1.82) is 0 Å². The lowest BCUT2D eigenvalue weighted by Gasteiger charge is -2.27. The number of fused-ring (bicyclic) bond motifs is 10. The zero-order chi connectivity index (χ0) is 20.0. The highest BCUT2D eigenvalue weighted by atomic mass is 16.6. The van der Waals surface area contributed by atoms with Gasteiger partial charge in [-0.05, 0) is 93.5 Å². The van der Waals surface area contributed by atoms with E-state index in [0.717, 1.165) is 28.5 Å². The topological polar surface area (TPSA) is 43.1 Å². The maximum atomic E-state index is 11.4. The molecule has 0 heterocycles. The second-order valence-electron chi connectivity index (χ2n) is 9.29. The smallest absolute Gasteiger partial charge is 0.258 e. The van der Waals surface area contributed by atoms with Gasteiger partial charge in [0, 0.05) is 12.1 Å². The first-order chi connectivity index (χ1) is 14.7. The fourth-order valence-electron chi connectivity index (χ4n) is 7.13. The summed E-state index contributed by atoms with van der Waals surface area (Å²) < 4.78 is 0. The highest BCUT2D eigenvalue weighted by molar-refractivity contribution is 6.12. The SMILES string of the molecule is O=[N+]([O-])c1ccc2c(c1)-c1ccccc1/C2=C1/c2ccccc2C2C1[C@H]1CC[C@@H]2C1. The van der Waals surface area contributed by atoms with E-state index in [-0.39, 0.29) is 10.6 Å². The summed E-state index contributed by atoms with van der Waals surface area (Å²) in [5, 5.41) is 11.4. The van der Waals surface area contributed by atoms with Crippen LogP contribution in [0.5, 0.6) is 0 Å². The van der Waals surface area contributed by atoms with E-state index < -0.39 is 0 Å². The van der Waals surface area contributed by atoms with Crippen molar-refractivity contribution in [3.63, 3.8) is 0 Å². The third kappa shape index (κ3) is 1.95. The van der Waals surface area contributed by atoms with E-state index in [4.69, 9.17) is 0 Å². The van der Waals surface area contributed by atoms with E-state index in [1.807, 2.05) is 12.1 Å². The zero-order valence-corrected chi connectivity index (χ0v) is 16.5. The van der Waals surface area contributed by atoms with Crippen molar-refractivity contribution in [1.82, 2.24) is 0 Å². The Morgan fingerprint density at radius 3 is 2.20 bits per heavy atom. The molecule has 0 saturated heterocycles. The van der Waals surface area contributed by atoms with Gasteiger partial charge in [0.25, 0.3) is 5.69 Å². The summed E-state index contributed by atoms with van der Waals surface area (Å²) in [5.74, 6) is 2.82. The summed E-state index contributed by atoms with van der Waals surface area (Å²) in [6.45, 7) is 0. The van der Waals surface area contributed by atoms with Gasteiger partial charge in [-0.3, -0.25) is 10.1 Å². The quantitative estimate of drug-likeness (QED) is 0.268. The van der Waals surface area contributed by atoms with Crippen molar-refractivity contribution in [3.8, 4) is 11.1 Å². The average Bonchev–Trinajstić information content (AvgIpc) is 3.52. The molecule has 2 bridgehead atoms. The molecule has 30 heavy (non-hydrogen) atoms. The van der Waals surface area contributed by atoms with Crippen LogP contribution >= 0.6 is 0 Å². The second kappa shape index (κ2) is 5.69. The molecule has 3 nitrogen and oxygen atoms in total. The summed E-state index contributed by atoms with van der Waals surface area (Å²) in [6, 6.07) is 22.9. The lowest BCUT2D eigenvalue weighted by Crippen LogP contribution is -2.16. The Balaban J connectivity index is 1.57. The van der Waals surface area contributed by atoms with Crippen LogP contribution in [0.2, 0.25) is 0 Å². The Morgan fingerprint density at radius 2 is 1.40 bits per heavy atom. The largest absolute Gasteiger partial charge is 0.270 e. The van der Waals surface area contributed by atoms with Crippen LogP contribution in [0.15, 0.2) is 66.7 Å². The van der Waals surface area contributed by atoms with Crippen molar-refractivity contribution < 1.29 is 4.92 Å². The minimum Gasteiger partial charge on any atom is -0.258 e. The molecular formula is C27H21NO2. The first-order valence-corrected chi connectivity index (χ1v) is 10.9. The highest BCUT2D eigenvalue weighted by Gasteiger charge is 2.54. The van der Waals surface area contributed by atoms with Crippen LogP contribution in [0.1, 0.15) is 47.4 Å².